The van der Waals surface area contributed by atoms with Gasteiger partial charge in [-0.2, -0.15) is 5.10 Å². The number of carbonyl (C=O) groups is 1. The molecule has 0 aliphatic carbocycles. The Labute approximate surface area is 168 Å². The number of benzene rings is 2. The molecule has 0 bridgehead atoms. The van der Waals surface area contributed by atoms with Crippen LogP contribution < -0.4 is 10.2 Å². The van der Waals surface area contributed by atoms with Gasteiger partial charge in [0.1, 0.15) is 0 Å². The molecule has 4 aromatic rings. The highest BCUT2D eigenvalue weighted by Crippen LogP contribution is 2.37. The summed E-state index contributed by atoms with van der Waals surface area (Å²) in [5.74, 6) is -0.0490. The second-order valence-electron chi connectivity index (χ2n) is 7.06. The Bertz CT molecular complexity index is 1200. The molecule has 2 aromatic carbocycles. The topological polar surface area (TPSA) is 63.1 Å². The summed E-state index contributed by atoms with van der Waals surface area (Å²) in [4.78, 5) is 19.7. The van der Waals surface area contributed by atoms with Gasteiger partial charge >= 0.3 is 0 Å². The monoisotopic (exact) mass is 381 g/mol. The SMILES string of the molecule is Cn1cc(-c2ccc3c(c2)C(=O)N(Cc2ccccc2)c2ccncc2N3)cn1. The molecule has 2 aromatic heterocycles. The Morgan fingerprint density at radius 2 is 1.83 bits per heavy atom. The van der Waals surface area contributed by atoms with Gasteiger partial charge in [0.2, 0.25) is 0 Å². The van der Waals surface area contributed by atoms with Gasteiger partial charge in [-0.3, -0.25) is 14.5 Å². The summed E-state index contributed by atoms with van der Waals surface area (Å²) in [7, 11) is 1.88. The second-order valence-corrected chi connectivity index (χ2v) is 7.06. The van der Waals surface area contributed by atoms with Crippen LogP contribution >= 0.6 is 0 Å². The van der Waals surface area contributed by atoms with Gasteiger partial charge in [-0.15, -0.1) is 0 Å². The van der Waals surface area contributed by atoms with Crippen LogP contribution in [0.25, 0.3) is 11.1 Å². The first-order valence-corrected chi connectivity index (χ1v) is 9.39. The fourth-order valence-electron chi connectivity index (χ4n) is 3.62. The van der Waals surface area contributed by atoms with Crippen molar-refractivity contribution >= 4 is 23.0 Å². The quantitative estimate of drug-likeness (QED) is 0.572. The highest BCUT2D eigenvalue weighted by molar-refractivity contribution is 6.14. The van der Waals surface area contributed by atoms with E-state index in [9.17, 15) is 4.79 Å². The molecule has 3 heterocycles. The molecule has 6 nitrogen and oxygen atoms in total. The lowest BCUT2D eigenvalue weighted by Crippen LogP contribution is -2.29. The zero-order valence-electron chi connectivity index (χ0n) is 15.9. The fraction of sp³-hybridized carbons (Fsp3) is 0.0870. The number of nitrogens with zero attached hydrogens (tertiary/aromatic N) is 4. The average molecular weight is 381 g/mol. The molecule has 1 aliphatic rings. The molecule has 0 unspecified atom stereocenters. The Morgan fingerprint density at radius 3 is 2.62 bits per heavy atom. The summed E-state index contributed by atoms with van der Waals surface area (Å²) < 4.78 is 1.75. The number of hydrogen-bond acceptors (Lipinski definition) is 4. The number of aryl methyl sites for hydroxylation is 1. The molecule has 0 radical (unpaired) electrons. The minimum absolute atomic E-state index is 0.0490. The van der Waals surface area contributed by atoms with Gasteiger partial charge in [-0.05, 0) is 29.3 Å². The Hall–Kier alpha value is -3.93. The molecule has 142 valence electrons. The summed E-state index contributed by atoms with van der Waals surface area (Å²) in [5.41, 5.74) is 6.01. The van der Waals surface area contributed by atoms with Gasteiger partial charge in [0, 0.05) is 25.0 Å². The fourth-order valence-corrected chi connectivity index (χ4v) is 3.62. The van der Waals surface area contributed by atoms with Crippen molar-refractivity contribution in [2.75, 3.05) is 10.2 Å². The van der Waals surface area contributed by atoms with Crippen LogP contribution in [0.3, 0.4) is 0 Å². The number of rotatable bonds is 3. The van der Waals surface area contributed by atoms with Crippen molar-refractivity contribution < 1.29 is 4.79 Å². The van der Waals surface area contributed by atoms with E-state index < -0.39 is 0 Å². The lowest BCUT2D eigenvalue weighted by molar-refractivity contribution is 0.0986. The van der Waals surface area contributed by atoms with Crippen molar-refractivity contribution in [2.45, 2.75) is 6.54 Å². The predicted octanol–water partition coefficient (Wildman–Crippen LogP) is 4.39. The lowest BCUT2D eigenvalue weighted by Gasteiger charge is -2.22. The molecule has 1 amide bonds. The van der Waals surface area contributed by atoms with Gasteiger partial charge in [-0.1, -0.05) is 36.4 Å². The number of hydrogen-bond donors (Lipinski definition) is 1. The van der Waals surface area contributed by atoms with E-state index in [1.165, 1.54) is 0 Å². The molecule has 1 aliphatic heterocycles. The third-order valence-electron chi connectivity index (χ3n) is 5.08. The molecule has 29 heavy (non-hydrogen) atoms. The van der Waals surface area contributed by atoms with Crippen molar-refractivity contribution in [3.63, 3.8) is 0 Å². The van der Waals surface area contributed by atoms with Gasteiger partial charge in [0.15, 0.2) is 0 Å². The number of fused-ring (bicyclic) bond motifs is 2. The molecule has 1 N–H and O–H groups in total. The van der Waals surface area contributed by atoms with Gasteiger partial charge < -0.3 is 10.2 Å². The van der Waals surface area contributed by atoms with E-state index in [1.807, 2.05) is 67.8 Å². The molecule has 0 spiro atoms. The van der Waals surface area contributed by atoms with Crippen LogP contribution in [0.5, 0.6) is 0 Å². The summed E-state index contributed by atoms with van der Waals surface area (Å²) >= 11 is 0. The van der Waals surface area contributed by atoms with E-state index in [2.05, 4.69) is 15.4 Å². The number of pyridine rings is 1. The van der Waals surface area contributed by atoms with Crippen LogP contribution in [0.4, 0.5) is 17.1 Å². The maximum atomic E-state index is 13.6. The Kier molecular flexibility index (Phi) is 4.09. The molecule has 0 saturated heterocycles. The average Bonchev–Trinajstić information content (AvgIpc) is 3.15. The maximum absolute atomic E-state index is 13.6. The van der Waals surface area contributed by atoms with Crippen molar-refractivity contribution in [1.29, 1.82) is 0 Å². The molecule has 6 heteroatoms. The Balaban J connectivity index is 1.62. The van der Waals surface area contributed by atoms with Crippen LogP contribution in [0.15, 0.2) is 79.4 Å². The third kappa shape index (κ3) is 3.14. The minimum atomic E-state index is -0.0490. The number of anilines is 3. The highest BCUT2D eigenvalue weighted by atomic mass is 16.2. The van der Waals surface area contributed by atoms with Crippen molar-refractivity contribution in [1.82, 2.24) is 14.8 Å². The smallest absolute Gasteiger partial charge is 0.260 e. The Morgan fingerprint density at radius 1 is 0.966 bits per heavy atom. The van der Waals surface area contributed by atoms with E-state index in [1.54, 1.807) is 28.2 Å². The third-order valence-corrected chi connectivity index (χ3v) is 5.08. The molecule has 0 saturated carbocycles. The first-order valence-electron chi connectivity index (χ1n) is 9.39. The molecule has 0 fully saturated rings. The first-order chi connectivity index (χ1) is 14.2. The summed E-state index contributed by atoms with van der Waals surface area (Å²) in [6, 6.07) is 17.7. The highest BCUT2D eigenvalue weighted by Gasteiger charge is 2.27. The van der Waals surface area contributed by atoms with E-state index >= 15 is 0 Å². The molecule has 0 atom stereocenters. The maximum Gasteiger partial charge on any atom is 0.260 e. The number of amides is 1. The largest absolute Gasteiger partial charge is 0.352 e. The standard InChI is InChI=1S/C23H19N5O/c1-27-15-18(12-25-27)17-7-8-20-19(11-17)23(29)28(14-16-5-3-2-4-6-16)22-9-10-24-13-21(22)26-20/h2-13,15,26H,14H2,1H3. The van der Waals surface area contributed by atoms with Crippen molar-refractivity contribution in [2.24, 2.45) is 7.05 Å². The zero-order chi connectivity index (χ0) is 19.8. The summed E-state index contributed by atoms with van der Waals surface area (Å²) in [5, 5.41) is 7.63. The van der Waals surface area contributed by atoms with Crippen molar-refractivity contribution in [3.8, 4) is 11.1 Å². The number of aromatic nitrogens is 3. The van der Waals surface area contributed by atoms with E-state index in [0.717, 1.165) is 33.8 Å². The number of nitrogens with one attached hydrogen (secondary N) is 1. The zero-order valence-corrected chi connectivity index (χ0v) is 15.9. The molecule has 5 rings (SSSR count). The summed E-state index contributed by atoms with van der Waals surface area (Å²) in [6.07, 6.45) is 7.21. The van der Waals surface area contributed by atoms with Gasteiger partial charge in [-0.25, -0.2) is 0 Å². The van der Waals surface area contributed by atoms with Crippen molar-refractivity contribution in [3.05, 3.63) is 90.5 Å². The van der Waals surface area contributed by atoms with Gasteiger partial charge in [0.25, 0.3) is 5.91 Å². The van der Waals surface area contributed by atoms with E-state index in [4.69, 9.17) is 0 Å². The van der Waals surface area contributed by atoms with Gasteiger partial charge in [0.05, 0.1) is 41.6 Å². The minimum Gasteiger partial charge on any atom is -0.352 e. The van der Waals surface area contributed by atoms with E-state index in [0.29, 0.717) is 12.1 Å². The lowest BCUT2D eigenvalue weighted by atomic mass is 10.0. The van der Waals surface area contributed by atoms with Crippen LogP contribution in [-0.2, 0) is 13.6 Å². The van der Waals surface area contributed by atoms with Crippen LogP contribution in [0, 0.1) is 0 Å². The van der Waals surface area contributed by atoms with Crippen LogP contribution in [0.1, 0.15) is 15.9 Å². The first kappa shape index (κ1) is 17.2. The van der Waals surface area contributed by atoms with Crippen LogP contribution in [-0.4, -0.2) is 20.7 Å². The van der Waals surface area contributed by atoms with Crippen LogP contribution in [0.2, 0.25) is 0 Å². The predicted molar refractivity (Wildman–Crippen MR) is 113 cm³/mol. The molecular formula is C23H19N5O. The molecular weight excluding hydrogens is 362 g/mol. The summed E-state index contributed by atoms with van der Waals surface area (Å²) in [6.45, 7) is 0.481. The van der Waals surface area contributed by atoms with E-state index in [-0.39, 0.29) is 5.91 Å². The second kappa shape index (κ2) is 6.91. The normalized spacial score (nSPS) is 12.7. The number of carbonyl (C=O) groups excluding carboxylic acids is 1.